The molecule has 122 valence electrons. The average molecular weight is 314 g/mol. The van der Waals surface area contributed by atoms with Crippen molar-refractivity contribution in [3.63, 3.8) is 0 Å². The third kappa shape index (κ3) is 3.18. The summed E-state index contributed by atoms with van der Waals surface area (Å²) < 4.78 is 0. The molecule has 1 unspecified atom stereocenters. The summed E-state index contributed by atoms with van der Waals surface area (Å²) in [4.78, 5) is 35.7. The van der Waals surface area contributed by atoms with Gasteiger partial charge in [0.15, 0.2) is 0 Å². The largest absolute Gasteiger partial charge is 0.549 e. The maximum atomic E-state index is 12.5. The van der Waals surface area contributed by atoms with Gasteiger partial charge in [0, 0.05) is 12.3 Å². The van der Waals surface area contributed by atoms with Crippen molar-refractivity contribution in [2.24, 2.45) is 5.92 Å². The van der Waals surface area contributed by atoms with Gasteiger partial charge in [-0.3, -0.25) is 4.79 Å². The minimum atomic E-state index is -2.10. The van der Waals surface area contributed by atoms with E-state index in [-0.39, 0.29) is 17.3 Å². The van der Waals surface area contributed by atoms with Crippen molar-refractivity contribution in [1.29, 1.82) is 0 Å². The molecule has 0 N–H and O–H groups in total. The number of Topliss-reactive ketones (excluding diaryl/α,β-unsaturated/α-hetero) is 1. The predicted octanol–water partition coefficient (Wildman–Crippen LogP) is 0.130. The molecular weight excluding hydrogens is 296 g/mol. The summed E-state index contributed by atoms with van der Waals surface area (Å²) in [6.45, 7) is 3.37. The van der Waals surface area contributed by atoms with Crippen molar-refractivity contribution >= 4 is 17.7 Å². The number of benzene rings is 1. The van der Waals surface area contributed by atoms with E-state index >= 15 is 0 Å². The van der Waals surface area contributed by atoms with Crippen LogP contribution in [0.1, 0.15) is 37.7 Å². The van der Waals surface area contributed by atoms with E-state index in [4.69, 9.17) is 0 Å². The van der Waals surface area contributed by atoms with Gasteiger partial charge in [-0.05, 0) is 24.0 Å². The highest BCUT2D eigenvalue weighted by molar-refractivity contribution is 6.02. The smallest absolute Gasteiger partial charge is 0.137 e. The van der Waals surface area contributed by atoms with Crippen molar-refractivity contribution in [2.45, 2.75) is 37.5 Å². The second kappa shape index (κ2) is 6.77. The van der Waals surface area contributed by atoms with Crippen molar-refractivity contribution in [3.8, 4) is 0 Å². The molecule has 1 aromatic carbocycles. The summed E-state index contributed by atoms with van der Waals surface area (Å²) in [5.74, 6) is -3.84. The molecule has 0 bridgehead atoms. The lowest BCUT2D eigenvalue weighted by atomic mass is 9.69. The fourth-order valence-corrected chi connectivity index (χ4v) is 3.25. The molecule has 1 aliphatic carbocycles. The molecule has 1 aliphatic rings. The molecule has 0 amide bonds. The summed E-state index contributed by atoms with van der Waals surface area (Å²) in [7, 11) is 0. The number of ketones is 1. The van der Waals surface area contributed by atoms with Gasteiger partial charge in [0.2, 0.25) is 0 Å². The molecular formula is C18H18O5-2. The van der Waals surface area contributed by atoms with Crippen molar-refractivity contribution in [3.05, 3.63) is 48.0 Å². The minimum absolute atomic E-state index is 0.167. The van der Waals surface area contributed by atoms with Crippen LogP contribution in [0.2, 0.25) is 0 Å². The van der Waals surface area contributed by atoms with Crippen molar-refractivity contribution in [1.82, 2.24) is 0 Å². The highest BCUT2D eigenvalue weighted by Gasteiger charge is 2.41. The second-order valence-corrected chi connectivity index (χ2v) is 5.95. The first-order valence-electron chi connectivity index (χ1n) is 7.60. The van der Waals surface area contributed by atoms with E-state index in [1.807, 2.05) is 0 Å². The van der Waals surface area contributed by atoms with Gasteiger partial charge < -0.3 is 19.8 Å². The first kappa shape index (κ1) is 16.9. The number of hydrogen-bond donors (Lipinski definition) is 0. The Hall–Kier alpha value is -2.43. The topological polar surface area (TPSA) is 97.3 Å². The minimum Gasteiger partial charge on any atom is -0.549 e. The molecule has 5 nitrogen and oxygen atoms in total. The summed E-state index contributed by atoms with van der Waals surface area (Å²) >= 11 is 0. The van der Waals surface area contributed by atoms with E-state index in [0.29, 0.717) is 12.8 Å². The Bertz CT molecular complexity index is 628. The molecule has 1 aromatic rings. The van der Waals surface area contributed by atoms with Crippen LogP contribution in [0.3, 0.4) is 0 Å². The summed E-state index contributed by atoms with van der Waals surface area (Å²) in [5, 5.41) is 23.2. The first-order chi connectivity index (χ1) is 10.9. The molecule has 5 heteroatoms. The lowest BCUT2D eigenvalue weighted by molar-refractivity contribution is -0.317. The fourth-order valence-electron chi connectivity index (χ4n) is 3.25. The van der Waals surface area contributed by atoms with E-state index in [1.54, 1.807) is 18.2 Å². The molecule has 1 saturated carbocycles. The second-order valence-electron chi connectivity index (χ2n) is 5.95. The molecule has 0 saturated heterocycles. The first-order valence-corrected chi connectivity index (χ1v) is 7.60. The quantitative estimate of drug-likeness (QED) is 0.666. The Morgan fingerprint density at radius 1 is 1.09 bits per heavy atom. The van der Waals surface area contributed by atoms with Gasteiger partial charge in [0.25, 0.3) is 0 Å². The maximum absolute atomic E-state index is 12.5. The third-order valence-electron chi connectivity index (χ3n) is 4.63. The van der Waals surface area contributed by atoms with E-state index in [0.717, 1.165) is 12.8 Å². The Morgan fingerprint density at radius 2 is 1.65 bits per heavy atom. The van der Waals surface area contributed by atoms with Gasteiger partial charge in [0.05, 0.1) is 17.4 Å². The zero-order valence-electron chi connectivity index (χ0n) is 12.7. The maximum Gasteiger partial charge on any atom is 0.137 e. The summed E-state index contributed by atoms with van der Waals surface area (Å²) in [6, 6.07) is 7.76. The number of carboxylic acids is 2. The molecule has 1 fully saturated rings. The van der Waals surface area contributed by atoms with Gasteiger partial charge in [0.1, 0.15) is 5.78 Å². The Balaban J connectivity index is 2.48. The molecule has 0 heterocycles. The molecule has 0 spiro atoms. The van der Waals surface area contributed by atoms with Crippen LogP contribution in [0.4, 0.5) is 0 Å². The zero-order chi connectivity index (χ0) is 17.0. The Morgan fingerprint density at radius 3 is 2.13 bits per heavy atom. The van der Waals surface area contributed by atoms with Crippen molar-refractivity contribution in [2.75, 3.05) is 0 Å². The molecule has 0 aromatic heterocycles. The van der Waals surface area contributed by atoms with Gasteiger partial charge in [-0.15, -0.1) is 0 Å². The molecule has 1 atom stereocenters. The van der Waals surface area contributed by atoms with Crippen LogP contribution in [-0.4, -0.2) is 17.7 Å². The van der Waals surface area contributed by atoms with Crippen LogP contribution in [0, 0.1) is 5.92 Å². The van der Waals surface area contributed by atoms with Crippen molar-refractivity contribution < 1.29 is 24.6 Å². The van der Waals surface area contributed by atoms with Crippen LogP contribution >= 0.6 is 0 Å². The molecule has 0 aliphatic heterocycles. The highest BCUT2D eigenvalue weighted by Crippen LogP contribution is 2.38. The number of carbonyl (C=O) groups excluding carboxylic acids is 3. The number of carboxylic acid groups (broad SMARTS) is 2. The van der Waals surface area contributed by atoms with Crippen LogP contribution in [-0.2, 0) is 19.8 Å². The average Bonchev–Trinajstić information content (AvgIpc) is 3.06. The molecule has 23 heavy (non-hydrogen) atoms. The Labute approximate surface area is 134 Å². The van der Waals surface area contributed by atoms with Gasteiger partial charge in [-0.25, -0.2) is 0 Å². The number of rotatable bonds is 7. The van der Waals surface area contributed by atoms with Crippen LogP contribution in [0.25, 0.3) is 0 Å². The molecule has 2 rings (SSSR count). The van der Waals surface area contributed by atoms with Crippen LogP contribution < -0.4 is 10.2 Å². The Kier molecular flexibility index (Phi) is 4.98. The van der Waals surface area contributed by atoms with E-state index < -0.39 is 29.3 Å². The lowest BCUT2D eigenvalue weighted by Crippen LogP contribution is -2.52. The SMILES string of the molecule is C=C(C(=O)[O-])C(CC(=O)C1CCCC1)(C(=O)[O-])c1ccccc1. The summed E-state index contributed by atoms with van der Waals surface area (Å²) in [6.07, 6.45) is 2.77. The number of carbonyl (C=O) groups is 3. The highest BCUT2D eigenvalue weighted by atomic mass is 16.4. The zero-order valence-corrected chi connectivity index (χ0v) is 12.7. The van der Waals surface area contributed by atoms with E-state index in [9.17, 15) is 24.6 Å². The summed E-state index contributed by atoms with van der Waals surface area (Å²) in [5.41, 5.74) is -2.59. The standard InChI is InChI=1S/C18H20O5/c1-12(16(20)21)18(17(22)23,14-9-3-2-4-10-14)11-15(19)13-7-5-6-8-13/h2-4,9-10,13H,1,5-8,11H2,(H,20,21)(H,22,23)/p-2. The van der Waals surface area contributed by atoms with E-state index in [1.165, 1.54) is 12.1 Å². The van der Waals surface area contributed by atoms with Gasteiger partial charge in [-0.1, -0.05) is 49.8 Å². The molecule has 0 radical (unpaired) electrons. The normalized spacial score (nSPS) is 17.4. The van der Waals surface area contributed by atoms with Crippen LogP contribution in [0.15, 0.2) is 42.5 Å². The van der Waals surface area contributed by atoms with Gasteiger partial charge >= 0.3 is 0 Å². The number of aliphatic carboxylic acids is 2. The third-order valence-corrected chi connectivity index (χ3v) is 4.63. The number of hydrogen-bond acceptors (Lipinski definition) is 5. The van der Waals surface area contributed by atoms with Crippen LogP contribution in [0.5, 0.6) is 0 Å². The lowest BCUT2D eigenvalue weighted by Gasteiger charge is -2.38. The monoisotopic (exact) mass is 314 g/mol. The fraction of sp³-hybridized carbons (Fsp3) is 0.389. The van der Waals surface area contributed by atoms with E-state index in [2.05, 4.69) is 6.58 Å². The van der Waals surface area contributed by atoms with Gasteiger partial charge in [-0.2, -0.15) is 0 Å². The predicted molar refractivity (Wildman–Crippen MR) is 78.9 cm³/mol.